The Morgan fingerprint density at radius 1 is 1.24 bits per heavy atom. The van der Waals surface area contributed by atoms with Crippen LogP contribution in [0.2, 0.25) is 0 Å². The summed E-state index contributed by atoms with van der Waals surface area (Å²) in [7, 11) is -2.64. The van der Waals surface area contributed by atoms with Crippen molar-refractivity contribution in [1.82, 2.24) is 14.7 Å². The molecule has 0 aliphatic carbocycles. The molecular weight excluding hydrogens is 470 g/mol. The molecule has 2 aromatic rings. The number of allylic oxidation sites excluding steroid dienone is 3. The van der Waals surface area contributed by atoms with Crippen LogP contribution in [0.1, 0.15) is 36.3 Å². The second kappa shape index (κ2) is 9.94. The minimum Gasteiger partial charge on any atom is -0.494 e. The van der Waals surface area contributed by atoms with Crippen LogP contribution in [0.5, 0.6) is 5.75 Å². The number of hydrogen-bond acceptors (Lipinski definition) is 8. The van der Waals surface area contributed by atoms with Crippen LogP contribution in [0.25, 0.3) is 11.1 Å². The smallest absolute Gasteiger partial charge is 0.280 e. The summed E-state index contributed by atoms with van der Waals surface area (Å²) in [5.41, 5.74) is 0.216. The maximum absolute atomic E-state index is 13.4. The van der Waals surface area contributed by atoms with Crippen molar-refractivity contribution in [3.63, 3.8) is 0 Å². The first kappa shape index (κ1) is 24.7. The quantitative estimate of drug-likeness (QED) is 0.588. The molecule has 0 radical (unpaired) electrons. The second-order valence-corrected chi connectivity index (χ2v) is 9.11. The predicted octanol–water partition coefficient (Wildman–Crippen LogP) is 3.16. The van der Waals surface area contributed by atoms with E-state index in [-0.39, 0.29) is 39.7 Å². The summed E-state index contributed by atoms with van der Waals surface area (Å²) in [6.07, 6.45) is 4.08. The van der Waals surface area contributed by atoms with E-state index in [9.17, 15) is 26.8 Å². The minimum atomic E-state index is -3.93. The van der Waals surface area contributed by atoms with Crippen LogP contribution in [0.4, 0.5) is 14.6 Å². The largest absolute Gasteiger partial charge is 0.494 e. The number of rotatable bonds is 7. The van der Waals surface area contributed by atoms with Crippen LogP contribution >= 0.6 is 0 Å². The number of hydrogen-bond donors (Lipinski definition) is 1. The zero-order chi connectivity index (χ0) is 25.0. The third-order valence-electron chi connectivity index (χ3n) is 4.85. The molecule has 3 rings (SSSR count). The van der Waals surface area contributed by atoms with Crippen molar-refractivity contribution in [2.45, 2.75) is 20.3 Å². The van der Waals surface area contributed by atoms with Gasteiger partial charge in [-0.3, -0.25) is 14.7 Å². The number of halogens is 2. The van der Waals surface area contributed by atoms with E-state index in [0.717, 1.165) is 24.0 Å². The van der Waals surface area contributed by atoms with E-state index < -0.39 is 28.0 Å². The standard InChI is InChI=1S/C22H20F2N4O5S/c1-4-34(31,32)27-22(30)17-10-26-20(28-6-5-13(2)7-14(28)12-29)9-15(17)16-8-18(21(23)24)25-11-19(16)33-3/h5-11,21H,4H2,1-3H3,(H,27,30). The maximum atomic E-state index is 13.4. The van der Waals surface area contributed by atoms with Crippen molar-refractivity contribution >= 4 is 27.7 Å². The molecule has 0 spiro atoms. The average molecular weight is 490 g/mol. The number of carbonyl (C=O) groups excluding carboxylic acids is 2. The Balaban J connectivity index is 2.25. The first-order valence-corrected chi connectivity index (χ1v) is 11.5. The Labute approximate surface area is 194 Å². The van der Waals surface area contributed by atoms with Gasteiger partial charge in [0.1, 0.15) is 23.0 Å². The Hall–Kier alpha value is -3.89. The number of ether oxygens (including phenoxy) is 1. The fourth-order valence-corrected chi connectivity index (χ4v) is 3.62. The van der Waals surface area contributed by atoms with Gasteiger partial charge in [0.15, 0.2) is 5.94 Å². The second-order valence-electron chi connectivity index (χ2n) is 7.09. The molecule has 0 fully saturated rings. The Kier molecular flexibility index (Phi) is 7.23. The molecule has 2 aromatic heterocycles. The lowest BCUT2D eigenvalue weighted by Crippen LogP contribution is -2.32. The van der Waals surface area contributed by atoms with Gasteiger partial charge in [-0.15, -0.1) is 0 Å². The monoisotopic (exact) mass is 490 g/mol. The van der Waals surface area contributed by atoms with E-state index in [1.807, 2.05) is 4.72 Å². The van der Waals surface area contributed by atoms with Gasteiger partial charge in [-0.2, -0.15) is 0 Å². The van der Waals surface area contributed by atoms with Crippen molar-refractivity contribution in [3.05, 3.63) is 65.4 Å². The third-order valence-corrected chi connectivity index (χ3v) is 6.10. The van der Waals surface area contributed by atoms with E-state index in [2.05, 4.69) is 9.97 Å². The number of carbonyl (C=O) groups is 1. The van der Waals surface area contributed by atoms with Crippen molar-refractivity contribution in [2.24, 2.45) is 0 Å². The highest BCUT2D eigenvalue weighted by molar-refractivity contribution is 7.90. The number of methoxy groups -OCH3 is 1. The summed E-state index contributed by atoms with van der Waals surface area (Å²) in [6.45, 7) is 3.13. The number of aromatic nitrogens is 2. The van der Waals surface area contributed by atoms with E-state index in [1.165, 1.54) is 25.0 Å². The van der Waals surface area contributed by atoms with Gasteiger partial charge in [-0.05, 0) is 43.7 Å². The SMILES string of the molecule is CCS(=O)(=O)NC(=O)c1cnc(N2C=CC(C)=CC2=C=O)cc1-c1cc(C(F)F)ncc1OC. The van der Waals surface area contributed by atoms with Crippen LogP contribution in [0.15, 0.2) is 54.1 Å². The van der Waals surface area contributed by atoms with Crippen molar-refractivity contribution in [1.29, 1.82) is 0 Å². The fourth-order valence-electron chi connectivity index (χ4n) is 3.08. The molecule has 0 aromatic carbocycles. The fraction of sp³-hybridized carbons (Fsp3) is 0.227. The predicted molar refractivity (Wildman–Crippen MR) is 120 cm³/mol. The van der Waals surface area contributed by atoms with Gasteiger partial charge in [-0.1, -0.05) is 0 Å². The molecule has 1 aliphatic heterocycles. The van der Waals surface area contributed by atoms with Gasteiger partial charge in [0.25, 0.3) is 12.3 Å². The Morgan fingerprint density at radius 3 is 2.59 bits per heavy atom. The summed E-state index contributed by atoms with van der Waals surface area (Å²) < 4.78 is 57.9. The summed E-state index contributed by atoms with van der Waals surface area (Å²) in [5, 5.41) is 0. The summed E-state index contributed by atoms with van der Waals surface area (Å²) >= 11 is 0. The van der Waals surface area contributed by atoms with Crippen molar-refractivity contribution in [3.8, 4) is 16.9 Å². The molecule has 0 atom stereocenters. The molecule has 0 saturated carbocycles. The lowest BCUT2D eigenvalue weighted by molar-refractivity contribution is 0.0981. The summed E-state index contributed by atoms with van der Waals surface area (Å²) in [6, 6.07) is 2.40. The zero-order valence-electron chi connectivity index (χ0n) is 18.4. The van der Waals surface area contributed by atoms with E-state index >= 15 is 0 Å². The molecule has 3 heterocycles. The summed E-state index contributed by atoms with van der Waals surface area (Å²) in [4.78, 5) is 33.5. The van der Waals surface area contributed by atoms with Gasteiger partial charge in [0.2, 0.25) is 10.0 Å². The molecule has 12 heteroatoms. The molecule has 178 valence electrons. The average Bonchev–Trinajstić information content (AvgIpc) is 2.82. The lowest BCUT2D eigenvalue weighted by atomic mass is 10.00. The van der Waals surface area contributed by atoms with Gasteiger partial charge < -0.3 is 4.74 Å². The Morgan fingerprint density at radius 2 is 1.97 bits per heavy atom. The van der Waals surface area contributed by atoms with Gasteiger partial charge >= 0.3 is 0 Å². The summed E-state index contributed by atoms with van der Waals surface area (Å²) in [5.74, 6) is 0.645. The topological polar surface area (TPSA) is 119 Å². The molecule has 1 aliphatic rings. The van der Waals surface area contributed by atoms with Crippen LogP contribution < -0.4 is 14.4 Å². The number of nitrogens with one attached hydrogen (secondary N) is 1. The van der Waals surface area contributed by atoms with E-state index in [1.54, 1.807) is 31.2 Å². The van der Waals surface area contributed by atoms with Crippen LogP contribution in [-0.4, -0.2) is 43.1 Å². The number of amides is 1. The number of alkyl halides is 2. The highest BCUT2D eigenvalue weighted by Gasteiger charge is 2.24. The number of nitrogens with zero attached hydrogens (tertiary/aromatic N) is 3. The number of sulfonamides is 1. The lowest BCUT2D eigenvalue weighted by Gasteiger charge is -2.23. The number of anilines is 1. The van der Waals surface area contributed by atoms with Crippen molar-refractivity contribution in [2.75, 3.05) is 17.8 Å². The molecule has 0 saturated heterocycles. The molecular formula is C22H20F2N4O5S. The minimum absolute atomic E-state index is 0.0416. The van der Waals surface area contributed by atoms with Crippen LogP contribution in [0, 0.1) is 0 Å². The zero-order valence-corrected chi connectivity index (χ0v) is 19.2. The van der Waals surface area contributed by atoms with Gasteiger partial charge in [-0.25, -0.2) is 31.7 Å². The number of pyridine rings is 2. The van der Waals surface area contributed by atoms with E-state index in [0.29, 0.717) is 0 Å². The van der Waals surface area contributed by atoms with Crippen LogP contribution in [-0.2, 0) is 14.8 Å². The molecule has 1 N–H and O–H groups in total. The first-order chi connectivity index (χ1) is 16.1. The Bertz CT molecular complexity index is 1350. The molecule has 9 nitrogen and oxygen atoms in total. The highest BCUT2D eigenvalue weighted by atomic mass is 32.2. The van der Waals surface area contributed by atoms with Gasteiger partial charge in [0, 0.05) is 23.5 Å². The van der Waals surface area contributed by atoms with Crippen molar-refractivity contribution < 1.29 is 31.5 Å². The molecule has 0 unspecified atom stereocenters. The van der Waals surface area contributed by atoms with Gasteiger partial charge in [0.05, 0.1) is 24.6 Å². The molecule has 34 heavy (non-hydrogen) atoms. The van der Waals surface area contributed by atoms with Crippen LogP contribution in [0.3, 0.4) is 0 Å². The maximum Gasteiger partial charge on any atom is 0.280 e. The molecule has 0 bridgehead atoms. The first-order valence-electron chi connectivity index (χ1n) is 9.88. The van der Waals surface area contributed by atoms with E-state index in [4.69, 9.17) is 4.74 Å². The molecule has 1 amide bonds. The normalized spacial score (nSPS) is 13.5. The third kappa shape index (κ3) is 5.19. The highest BCUT2D eigenvalue weighted by Crippen LogP contribution is 2.37.